The molecule has 2 aromatic rings. The van der Waals surface area contributed by atoms with Crippen molar-refractivity contribution in [1.82, 2.24) is 0 Å². The second-order valence-electron chi connectivity index (χ2n) is 5.62. The highest BCUT2D eigenvalue weighted by atomic mass is 35.5. The zero-order valence-electron chi connectivity index (χ0n) is 13.9. The van der Waals surface area contributed by atoms with Crippen LogP contribution in [0.4, 0.5) is 15.8 Å². The van der Waals surface area contributed by atoms with E-state index in [1.54, 1.807) is 24.3 Å². The van der Waals surface area contributed by atoms with Crippen molar-refractivity contribution in [3.05, 3.63) is 64.9 Å². The summed E-state index contributed by atoms with van der Waals surface area (Å²) in [7, 11) is 0. The average Bonchev–Trinajstić information content (AvgIpc) is 2.65. The molecule has 0 fully saturated rings. The predicted octanol–water partition coefficient (Wildman–Crippen LogP) is 3.02. The topological polar surface area (TPSA) is 75.7 Å². The number of fused-ring (bicyclic) bond motifs is 1. The highest BCUT2D eigenvalue weighted by molar-refractivity contribution is 6.32. The summed E-state index contributed by atoms with van der Waals surface area (Å²) in [6.45, 7) is -0.732. The van der Waals surface area contributed by atoms with Gasteiger partial charge in [-0.15, -0.1) is 0 Å². The van der Waals surface area contributed by atoms with Crippen molar-refractivity contribution in [2.45, 2.75) is 0 Å². The molecule has 0 bridgehead atoms. The molecule has 0 unspecified atom stereocenters. The van der Waals surface area contributed by atoms with E-state index >= 15 is 0 Å². The fourth-order valence-electron chi connectivity index (χ4n) is 2.54. The second-order valence-corrected chi connectivity index (χ2v) is 6.03. The van der Waals surface area contributed by atoms with Crippen LogP contribution in [0.2, 0.25) is 5.02 Å². The number of hydrogen-bond acceptors (Lipinski definition) is 4. The molecular formula is C19H14ClFN2O4. The molecule has 27 heavy (non-hydrogen) atoms. The minimum absolute atomic E-state index is 0.0454. The van der Waals surface area contributed by atoms with E-state index in [2.05, 4.69) is 5.32 Å². The third kappa shape index (κ3) is 4.32. The molecule has 0 radical (unpaired) electrons. The van der Waals surface area contributed by atoms with Crippen molar-refractivity contribution in [3.8, 4) is 0 Å². The summed E-state index contributed by atoms with van der Waals surface area (Å²) < 4.78 is 18.5. The summed E-state index contributed by atoms with van der Waals surface area (Å²) in [6.07, 6.45) is 2.16. The number of esters is 1. The van der Waals surface area contributed by atoms with Crippen molar-refractivity contribution >= 4 is 46.8 Å². The van der Waals surface area contributed by atoms with Gasteiger partial charge in [0.05, 0.1) is 16.4 Å². The number of hydrogen-bond donors (Lipinski definition) is 1. The zero-order chi connectivity index (χ0) is 19.4. The number of rotatable bonds is 4. The van der Waals surface area contributed by atoms with Crippen molar-refractivity contribution in [2.24, 2.45) is 0 Å². The number of halogens is 2. The SMILES string of the molecule is O=C1CN(C(=O)COC(=O)/C=C/c2c(F)cccc2Cl)c2ccccc2N1. The number of nitrogens with one attached hydrogen (secondary N) is 1. The summed E-state index contributed by atoms with van der Waals surface area (Å²) in [6, 6.07) is 10.9. The van der Waals surface area contributed by atoms with Crippen LogP contribution in [0.5, 0.6) is 0 Å². The van der Waals surface area contributed by atoms with Crippen LogP contribution in [0.15, 0.2) is 48.5 Å². The van der Waals surface area contributed by atoms with Crippen molar-refractivity contribution in [3.63, 3.8) is 0 Å². The average molecular weight is 389 g/mol. The Bertz CT molecular complexity index is 925. The molecular weight excluding hydrogens is 375 g/mol. The van der Waals surface area contributed by atoms with Crippen LogP contribution in [0, 0.1) is 5.82 Å². The summed E-state index contributed by atoms with van der Waals surface area (Å²) >= 11 is 5.86. The van der Waals surface area contributed by atoms with Crippen LogP contribution in [0.1, 0.15) is 5.56 Å². The Kier molecular flexibility index (Phi) is 5.52. The van der Waals surface area contributed by atoms with Gasteiger partial charge in [0.1, 0.15) is 12.4 Å². The quantitative estimate of drug-likeness (QED) is 0.645. The Balaban J connectivity index is 1.63. The van der Waals surface area contributed by atoms with Crippen molar-refractivity contribution < 1.29 is 23.5 Å². The van der Waals surface area contributed by atoms with Crippen LogP contribution in [0.25, 0.3) is 6.08 Å². The standard InChI is InChI=1S/C19H14ClFN2O4/c20-13-4-3-5-14(21)12(13)8-9-19(26)27-11-18(25)23-10-17(24)22-15-6-1-2-7-16(15)23/h1-9H,10-11H2,(H,22,24)/b9-8+. The molecule has 1 N–H and O–H groups in total. The number of anilines is 2. The van der Waals surface area contributed by atoms with Crippen molar-refractivity contribution in [2.75, 3.05) is 23.4 Å². The number of para-hydroxylation sites is 2. The largest absolute Gasteiger partial charge is 0.452 e. The molecule has 1 aliphatic heterocycles. The Morgan fingerprint density at radius 2 is 2.00 bits per heavy atom. The Labute approximate surface area is 159 Å². The lowest BCUT2D eigenvalue weighted by molar-refractivity contribution is -0.143. The maximum Gasteiger partial charge on any atom is 0.331 e. The first-order valence-corrected chi connectivity index (χ1v) is 8.31. The molecule has 0 aliphatic carbocycles. The van der Waals surface area contributed by atoms with Gasteiger partial charge in [0, 0.05) is 11.6 Å². The van der Waals surface area contributed by atoms with Crippen molar-refractivity contribution in [1.29, 1.82) is 0 Å². The molecule has 1 aliphatic rings. The number of benzene rings is 2. The zero-order valence-corrected chi connectivity index (χ0v) is 14.7. The van der Waals surface area contributed by atoms with Gasteiger partial charge in [0.15, 0.2) is 6.61 Å². The number of ether oxygens (including phenoxy) is 1. The van der Waals surface area contributed by atoms with Gasteiger partial charge in [-0.05, 0) is 30.3 Å². The van der Waals surface area contributed by atoms with E-state index in [4.69, 9.17) is 16.3 Å². The third-order valence-corrected chi connectivity index (χ3v) is 4.12. The van der Waals surface area contributed by atoms with E-state index < -0.39 is 24.3 Å². The fraction of sp³-hybridized carbons (Fsp3) is 0.105. The summed E-state index contributed by atoms with van der Waals surface area (Å²) in [5.74, 6) is -2.32. The van der Waals surface area contributed by atoms with E-state index in [9.17, 15) is 18.8 Å². The van der Waals surface area contributed by atoms with Gasteiger partial charge >= 0.3 is 5.97 Å². The van der Waals surface area contributed by atoms with Gasteiger partial charge in [-0.3, -0.25) is 14.5 Å². The van der Waals surface area contributed by atoms with Gasteiger partial charge in [-0.1, -0.05) is 29.8 Å². The molecule has 6 nitrogen and oxygen atoms in total. The first-order chi connectivity index (χ1) is 13.0. The smallest absolute Gasteiger partial charge is 0.331 e. The highest BCUT2D eigenvalue weighted by Gasteiger charge is 2.27. The second kappa shape index (κ2) is 8.01. The van der Waals surface area contributed by atoms with Gasteiger partial charge in [-0.25, -0.2) is 9.18 Å². The third-order valence-electron chi connectivity index (χ3n) is 3.80. The molecule has 0 saturated heterocycles. The summed E-state index contributed by atoms with van der Waals surface area (Å²) in [5.41, 5.74) is 1.07. The molecule has 0 atom stereocenters. The molecule has 2 aromatic carbocycles. The molecule has 8 heteroatoms. The van der Waals surface area contributed by atoms with E-state index in [0.717, 1.165) is 6.08 Å². The first kappa shape index (κ1) is 18.6. The monoisotopic (exact) mass is 388 g/mol. The van der Waals surface area contributed by atoms with Crippen LogP contribution < -0.4 is 10.2 Å². The summed E-state index contributed by atoms with van der Waals surface area (Å²) in [4.78, 5) is 37.1. The Hall–Kier alpha value is -3.19. The fourth-order valence-corrected chi connectivity index (χ4v) is 2.76. The minimum atomic E-state index is -0.836. The maximum absolute atomic E-state index is 13.6. The van der Waals surface area contributed by atoms with Crippen LogP contribution in [-0.2, 0) is 19.1 Å². The van der Waals surface area contributed by atoms with E-state index in [-0.39, 0.29) is 23.0 Å². The van der Waals surface area contributed by atoms with Crippen LogP contribution in [-0.4, -0.2) is 30.9 Å². The lowest BCUT2D eigenvalue weighted by atomic mass is 10.2. The van der Waals surface area contributed by atoms with Crippen LogP contribution in [0.3, 0.4) is 0 Å². The lowest BCUT2D eigenvalue weighted by Crippen LogP contribution is -2.43. The normalized spacial score (nSPS) is 13.3. The maximum atomic E-state index is 13.6. The molecule has 0 saturated carbocycles. The molecule has 1 heterocycles. The molecule has 2 amide bonds. The number of carbonyl (C=O) groups is 3. The predicted molar refractivity (Wildman–Crippen MR) is 98.8 cm³/mol. The molecule has 0 aromatic heterocycles. The van der Waals surface area contributed by atoms with Gasteiger partial charge in [-0.2, -0.15) is 0 Å². The Morgan fingerprint density at radius 1 is 1.22 bits per heavy atom. The highest BCUT2D eigenvalue weighted by Crippen LogP contribution is 2.28. The molecule has 138 valence electrons. The number of nitrogens with zero attached hydrogens (tertiary/aromatic N) is 1. The Morgan fingerprint density at radius 3 is 2.78 bits per heavy atom. The van der Waals surface area contributed by atoms with Gasteiger partial charge in [0.2, 0.25) is 5.91 Å². The molecule has 0 spiro atoms. The minimum Gasteiger partial charge on any atom is -0.452 e. The summed E-state index contributed by atoms with van der Waals surface area (Å²) in [5, 5.41) is 2.80. The number of carbonyl (C=O) groups excluding carboxylic acids is 3. The molecule has 3 rings (SSSR count). The van der Waals surface area contributed by atoms with E-state index in [0.29, 0.717) is 11.4 Å². The van der Waals surface area contributed by atoms with Gasteiger partial charge < -0.3 is 10.1 Å². The van der Waals surface area contributed by atoms with Gasteiger partial charge in [0.25, 0.3) is 5.91 Å². The lowest BCUT2D eigenvalue weighted by Gasteiger charge is -2.28. The van der Waals surface area contributed by atoms with E-state index in [1.165, 1.54) is 29.2 Å². The number of amides is 2. The van der Waals surface area contributed by atoms with Crippen LogP contribution >= 0.6 is 11.6 Å². The first-order valence-electron chi connectivity index (χ1n) is 7.94. The van der Waals surface area contributed by atoms with E-state index in [1.807, 2.05) is 0 Å².